The van der Waals surface area contributed by atoms with Gasteiger partial charge in [-0.15, -0.1) is 0 Å². The fraction of sp³-hybridized carbons (Fsp3) is 0. The van der Waals surface area contributed by atoms with Crippen LogP contribution in [0.2, 0.25) is 5.15 Å². The van der Waals surface area contributed by atoms with Crippen molar-refractivity contribution in [2.24, 2.45) is 0 Å². The Balaban J connectivity index is 2.88. The maximum absolute atomic E-state index is 13.6. The molecule has 1 aromatic heterocycles. The summed E-state index contributed by atoms with van der Waals surface area (Å²) >= 11 is 8.04. The van der Waals surface area contributed by atoms with Gasteiger partial charge in [0.1, 0.15) is 11.6 Å². The molecular weight excluding hydrogens is 352 g/mol. The third-order valence-corrected chi connectivity index (χ3v) is 3.10. The van der Waals surface area contributed by atoms with E-state index in [1.807, 2.05) is 4.98 Å². The number of benzene rings is 1. The van der Waals surface area contributed by atoms with Gasteiger partial charge in [-0.2, -0.15) is 4.39 Å². The minimum Gasteiger partial charge on any atom is -0.295 e. The van der Waals surface area contributed by atoms with E-state index in [0.717, 1.165) is 6.07 Å². The smallest absolute Gasteiger partial charge is 0.295 e. The first kappa shape index (κ1) is 13.9. The molecule has 0 spiro atoms. The van der Waals surface area contributed by atoms with Crippen LogP contribution in [-0.2, 0) is 0 Å². The van der Waals surface area contributed by atoms with Crippen LogP contribution in [0.3, 0.4) is 0 Å². The fourth-order valence-electron chi connectivity index (χ4n) is 1.39. The number of rotatable bonds is 1. The van der Waals surface area contributed by atoms with Crippen molar-refractivity contribution >= 4 is 27.5 Å². The van der Waals surface area contributed by atoms with E-state index >= 15 is 0 Å². The molecule has 2 rings (SSSR count). The lowest BCUT2D eigenvalue weighted by molar-refractivity contribution is 0.557. The molecule has 0 aliphatic heterocycles. The summed E-state index contributed by atoms with van der Waals surface area (Å²) in [7, 11) is 0. The van der Waals surface area contributed by atoms with Crippen molar-refractivity contribution < 1.29 is 13.2 Å². The van der Waals surface area contributed by atoms with Crippen LogP contribution in [0.5, 0.6) is 0 Å². The summed E-state index contributed by atoms with van der Waals surface area (Å²) in [5, 5.41) is -0.784. The summed E-state index contributed by atoms with van der Waals surface area (Å²) in [4.78, 5) is 24.9. The van der Waals surface area contributed by atoms with Gasteiger partial charge in [0.05, 0.1) is 10.2 Å². The van der Waals surface area contributed by atoms with E-state index in [4.69, 9.17) is 11.6 Å². The van der Waals surface area contributed by atoms with Crippen LogP contribution in [0.4, 0.5) is 13.2 Å². The van der Waals surface area contributed by atoms with Gasteiger partial charge in [0.2, 0.25) is 5.82 Å². The third-order valence-electron chi connectivity index (χ3n) is 2.23. The second-order valence-corrected chi connectivity index (χ2v) is 4.65. The average molecular weight is 355 g/mol. The van der Waals surface area contributed by atoms with Crippen LogP contribution in [0.1, 0.15) is 0 Å². The topological polar surface area (TPSA) is 54.9 Å². The number of hydrogen-bond acceptors (Lipinski definition) is 2. The summed E-state index contributed by atoms with van der Waals surface area (Å²) in [6, 6.07) is 1.30. The molecule has 100 valence electrons. The molecule has 0 aliphatic carbocycles. The van der Waals surface area contributed by atoms with Gasteiger partial charge in [-0.25, -0.2) is 18.1 Å². The molecule has 9 heteroatoms. The van der Waals surface area contributed by atoms with Gasteiger partial charge in [-0.1, -0.05) is 11.6 Å². The van der Waals surface area contributed by atoms with Crippen LogP contribution in [0.15, 0.2) is 26.2 Å². The molecule has 0 bridgehead atoms. The third kappa shape index (κ3) is 2.33. The Kier molecular flexibility index (Phi) is 3.55. The highest BCUT2D eigenvalue weighted by Gasteiger charge is 2.18. The van der Waals surface area contributed by atoms with Crippen molar-refractivity contribution in [1.82, 2.24) is 9.55 Å². The Hall–Kier alpha value is -1.54. The number of H-pyrrole nitrogens is 1. The molecule has 0 fully saturated rings. The van der Waals surface area contributed by atoms with Gasteiger partial charge in [0.25, 0.3) is 5.56 Å². The van der Waals surface area contributed by atoms with E-state index in [0.29, 0.717) is 6.07 Å². The van der Waals surface area contributed by atoms with Gasteiger partial charge in [0.15, 0.2) is 5.15 Å². The molecule has 0 atom stereocenters. The molecule has 2 aromatic rings. The predicted octanol–water partition coefficient (Wildman–Crippen LogP) is 2.36. The number of nitrogens with zero attached hydrogens (tertiary/aromatic N) is 1. The highest BCUT2D eigenvalue weighted by atomic mass is 79.9. The van der Waals surface area contributed by atoms with Crippen molar-refractivity contribution in [1.29, 1.82) is 0 Å². The lowest BCUT2D eigenvalue weighted by Crippen LogP contribution is -2.36. The molecule has 0 saturated carbocycles. The molecule has 0 amide bonds. The first-order valence-corrected chi connectivity index (χ1v) is 5.85. The molecule has 0 unspecified atom stereocenters. The molecule has 1 aromatic carbocycles. The number of aromatic amines is 1. The van der Waals surface area contributed by atoms with Crippen LogP contribution in [0.25, 0.3) is 5.69 Å². The Labute approximate surface area is 116 Å². The van der Waals surface area contributed by atoms with E-state index in [9.17, 15) is 22.8 Å². The molecular formula is C10H3BrClF3N2O2. The van der Waals surface area contributed by atoms with Gasteiger partial charge < -0.3 is 0 Å². The summed E-state index contributed by atoms with van der Waals surface area (Å²) < 4.78 is 40.0. The lowest BCUT2D eigenvalue weighted by Gasteiger charge is -2.07. The molecule has 0 saturated heterocycles. The minimum absolute atomic E-state index is 0.181. The minimum atomic E-state index is -1.44. The number of aromatic nitrogens is 2. The van der Waals surface area contributed by atoms with Crippen molar-refractivity contribution in [3.63, 3.8) is 0 Å². The normalized spacial score (nSPS) is 10.8. The van der Waals surface area contributed by atoms with Crippen LogP contribution >= 0.6 is 27.5 Å². The van der Waals surface area contributed by atoms with Gasteiger partial charge >= 0.3 is 5.69 Å². The van der Waals surface area contributed by atoms with Crippen molar-refractivity contribution in [2.45, 2.75) is 0 Å². The number of hydrogen-bond donors (Lipinski definition) is 1. The zero-order valence-electron chi connectivity index (χ0n) is 8.81. The fourth-order valence-corrected chi connectivity index (χ4v) is 1.88. The monoisotopic (exact) mass is 354 g/mol. The SMILES string of the molecule is O=c1[nH]c(Cl)c(F)c(=O)n1-c1cc(Br)c(F)cc1F. The summed E-state index contributed by atoms with van der Waals surface area (Å²) in [6.07, 6.45) is 0. The first-order valence-electron chi connectivity index (χ1n) is 4.68. The largest absolute Gasteiger partial charge is 0.334 e. The van der Waals surface area contributed by atoms with E-state index in [1.165, 1.54) is 0 Å². The van der Waals surface area contributed by atoms with Crippen LogP contribution < -0.4 is 11.2 Å². The predicted molar refractivity (Wildman–Crippen MR) is 65.2 cm³/mol. The molecule has 19 heavy (non-hydrogen) atoms. The Bertz CT molecular complexity index is 788. The maximum Gasteiger partial charge on any atom is 0.334 e. The van der Waals surface area contributed by atoms with Crippen LogP contribution in [0, 0.1) is 17.5 Å². The van der Waals surface area contributed by atoms with Gasteiger partial charge in [-0.3, -0.25) is 9.78 Å². The standard InChI is InChI=1S/C10H3BrClF3N2O2/c11-3-1-6(5(14)2-4(3)13)17-9(18)7(15)8(12)16-10(17)19/h1-2H,(H,16,19). The second-order valence-electron chi connectivity index (χ2n) is 3.42. The Morgan fingerprint density at radius 3 is 2.42 bits per heavy atom. The van der Waals surface area contributed by atoms with Crippen molar-refractivity contribution in [3.8, 4) is 5.69 Å². The molecule has 4 nitrogen and oxygen atoms in total. The second kappa shape index (κ2) is 4.86. The van der Waals surface area contributed by atoms with Crippen molar-refractivity contribution in [2.75, 3.05) is 0 Å². The number of halogens is 5. The molecule has 0 radical (unpaired) electrons. The van der Waals surface area contributed by atoms with E-state index in [-0.39, 0.29) is 9.04 Å². The zero-order valence-corrected chi connectivity index (χ0v) is 11.2. The van der Waals surface area contributed by atoms with E-state index < -0.39 is 39.5 Å². The quantitative estimate of drug-likeness (QED) is 0.631. The van der Waals surface area contributed by atoms with E-state index in [2.05, 4.69) is 15.9 Å². The summed E-state index contributed by atoms with van der Waals surface area (Å²) in [5.74, 6) is -3.57. The highest BCUT2D eigenvalue weighted by molar-refractivity contribution is 9.10. The zero-order chi connectivity index (χ0) is 14.3. The average Bonchev–Trinajstić information content (AvgIpc) is 2.33. The highest BCUT2D eigenvalue weighted by Crippen LogP contribution is 2.21. The molecule has 0 aliphatic rings. The Morgan fingerprint density at radius 1 is 1.16 bits per heavy atom. The van der Waals surface area contributed by atoms with Crippen LogP contribution in [-0.4, -0.2) is 9.55 Å². The lowest BCUT2D eigenvalue weighted by atomic mass is 10.3. The van der Waals surface area contributed by atoms with Gasteiger partial charge in [-0.05, 0) is 22.0 Å². The first-order chi connectivity index (χ1) is 8.82. The molecule has 1 heterocycles. The molecule has 1 N–H and O–H groups in total. The Morgan fingerprint density at radius 2 is 1.79 bits per heavy atom. The van der Waals surface area contributed by atoms with E-state index in [1.54, 1.807) is 0 Å². The number of nitrogens with one attached hydrogen (secondary N) is 1. The summed E-state index contributed by atoms with van der Waals surface area (Å²) in [5.41, 5.74) is -3.19. The maximum atomic E-state index is 13.6. The summed E-state index contributed by atoms with van der Waals surface area (Å²) in [6.45, 7) is 0. The van der Waals surface area contributed by atoms with Gasteiger partial charge in [0, 0.05) is 6.07 Å². The van der Waals surface area contributed by atoms with Crippen molar-refractivity contribution in [3.05, 3.63) is 60.0 Å².